The second-order valence-electron chi connectivity index (χ2n) is 5.69. The molecule has 5 nitrogen and oxygen atoms in total. The van der Waals surface area contributed by atoms with Gasteiger partial charge < -0.3 is 15.4 Å². The van der Waals surface area contributed by atoms with E-state index < -0.39 is 0 Å². The number of halogens is 1. The van der Waals surface area contributed by atoms with Gasteiger partial charge in [0.15, 0.2) is 0 Å². The quantitative estimate of drug-likeness (QED) is 0.662. The van der Waals surface area contributed by atoms with Crippen molar-refractivity contribution >= 4 is 34.6 Å². The molecule has 0 atom stereocenters. The van der Waals surface area contributed by atoms with E-state index in [1.807, 2.05) is 43.3 Å². The lowest BCUT2D eigenvalue weighted by Gasteiger charge is -2.12. The third-order valence-corrected chi connectivity index (χ3v) is 4.08. The molecule has 2 aromatic carbocycles. The molecule has 132 valence electrons. The molecule has 3 rings (SSSR count). The van der Waals surface area contributed by atoms with Gasteiger partial charge in [0.1, 0.15) is 11.4 Å². The molecule has 0 radical (unpaired) electrons. The average molecular weight is 368 g/mol. The van der Waals surface area contributed by atoms with Gasteiger partial charge in [0, 0.05) is 11.9 Å². The number of para-hydroxylation sites is 1. The van der Waals surface area contributed by atoms with E-state index in [1.165, 1.54) is 0 Å². The number of nitrogens with one attached hydrogen (secondary N) is 2. The van der Waals surface area contributed by atoms with Crippen molar-refractivity contribution in [2.45, 2.75) is 6.92 Å². The number of methoxy groups -OCH3 is 1. The first-order valence-corrected chi connectivity index (χ1v) is 8.38. The fourth-order valence-electron chi connectivity index (χ4n) is 2.46. The van der Waals surface area contributed by atoms with E-state index in [-0.39, 0.29) is 11.6 Å². The number of rotatable bonds is 5. The first kappa shape index (κ1) is 17.8. The number of hydrogen-bond donors (Lipinski definition) is 2. The number of carbonyl (C=O) groups excluding carboxylic acids is 1. The highest BCUT2D eigenvalue weighted by atomic mass is 35.5. The maximum Gasteiger partial charge on any atom is 0.274 e. The zero-order valence-corrected chi connectivity index (χ0v) is 15.2. The third kappa shape index (κ3) is 4.13. The Hall–Kier alpha value is -3.05. The molecule has 26 heavy (non-hydrogen) atoms. The first-order chi connectivity index (χ1) is 12.6. The van der Waals surface area contributed by atoms with E-state index in [0.29, 0.717) is 16.5 Å². The lowest BCUT2D eigenvalue weighted by molar-refractivity contribution is 0.102. The molecule has 0 aliphatic rings. The van der Waals surface area contributed by atoms with Crippen LogP contribution in [0, 0.1) is 6.92 Å². The van der Waals surface area contributed by atoms with Crippen LogP contribution in [0.25, 0.3) is 0 Å². The van der Waals surface area contributed by atoms with Crippen molar-refractivity contribution in [1.29, 1.82) is 0 Å². The van der Waals surface area contributed by atoms with E-state index in [0.717, 1.165) is 16.9 Å². The van der Waals surface area contributed by atoms with Crippen LogP contribution >= 0.6 is 11.6 Å². The molecule has 0 aliphatic heterocycles. The van der Waals surface area contributed by atoms with E-state index in [4.69, 9.17) is 16.3 Å². The molecular weight excluding hydrogens is 350 g/mol. The van der Waals surface area contributed by atoms with Crippen LogP contribution in [0.4, 0.5) is 17.1 Å². The minimum atomic E-state index is -0.322. The summed E-state index contributed by atoms with van der Waals surface area (Å²) in [5.41, 5.74) is 3.37. The fourth-order valence-corrected chi connectivity index (χ4v) is 2.64. The van der Waals surface area contributed by atoms with Gasteiger partial charge in [-0.05, 0) is 48.9 Å². The molecule has 0 fully saturated rings. The summed E-state index contributed by atoms with van der Waals surface area (Å²) < 4.78 is 5.29. The lowest BCUT2D eigenvalue weighted by atomic mass is 10.2. The van der Waals surface area contributed by atoms with Gasteiger partial charge in [0.05, 0.1) is 23.5 Å². The van der Waals surface area contributed by atoms with Gasteiger partial charge in [0.25, 0.3) is 5.91 Å². The smallest absolute Gasteiger partial charge is 0.274 e. The standard InChI is InChI=1S/C20H18ClN3O2/c1-13-7-8-19(26-2)17(11-13)24-20(25)18-12-14(9-10-22-18)23-16-6-4-3-5-15(16)21/h3-12H,1-2H3,(H,22,23)(H,24,25). The Labute approximate surface area is 157 Å². The Kier molecular flexibility index (Phi) is 5.39. The number of hydrogen-bond acceptors (Lipinski definition) is 4. The molecule has 1 heterocycles. The molecule has 0 aliphatic carbocycles. The van der Waals surface area contributed by atoms with E-state index in [9.17, 15) is 4.79 Å². The number of benzene rings is 2. The van der Waals surface area contributed by atoms with Crippen LogP contribution < -0.4 is 15.4 Å². The zero-order chi connectivity index (χ0) is 18.5. The van der Waals surface area contributed by atoms with E-state index in [2.05, 4.69) is 15.6 Å². The van der Waals surface area contributed by atoms with Crippen molar-refractivity contribution in [3.8, 4) is 5.75 Å². The molecular formula is C20H18ClN3O2. The highest BCUT2D eigenvalue weighted by Crippen LogP contribution is 2.27. The van der Waals surface area contributed by atoms with Crippen LogP contribution in [-0.4, -0.2) is 18.0 Å². The summed E-state index contributed by atoms with van der Waals surface area (Å²) in [6.07, 6.45) is 1.57. The Morgan fingerprint density at radius 2 is 1.88 bits per heavy atom. The van der Waals surface area contributed by atoms with Gasteiger partial charge >= 0.3 is 0 Å². The average Bonchev–Trinajstić information content (AvgIpc) is 2.64. The van der Waals surface area contributed by atoms with Crippen LogP contribution in [0.3, 0.4) is 0 Å². The van der Waals surface area contributed by atoms with Crippen molar-refractivity contribution < 1.29 is 9.53 Å². The number of anilines is 3. The zero-order valence-electron chi connectivity index (χ0n) is 14.4. The lowest BCUT2D eigenvalue weighted by Crippen LogP contribution is -2.14. The van der Waals surface area contributed by atoms with Crippen LogP contribution in [0.15, 0.2) is 60.8 Å². The number of aromatic nitrogens is 1. The van der Waals surface area contributed by atoms with Crippen molar-refractivity contribution in [2.75, 3.05) is 17.7 Å². The van der Waals surface area contributed by atoms with Gasteiger partial charge in [-0.25, -0.2) is 0 Å². The van der Waals surface area contributed by atoms with Gasteiger partial charge in [-0.15, -0.1) is 0 Å². The van der Waals surface area contributed by atoms with Crippen LogP contribution in [-0.2, 0) is 0 Å². The first-order valence-electron chi connectivity index (χ1n) is 8.00. The second kappa shape index (κ2) is 7.89. The molecule has 6 heteroatoms. The highest BCUT2D eigenvalue weighted by Gasteiger charge is 2.12. The maximum absolute atomic E-state index is 12.6. The van der Waals surface area contributed by atoms with Crippen molar-refractivity contribution in [3.63, 3.8) is 0 Å². The monoisotopic (exact) mass is 367 g/mol. The molecule has 1 amide bonds. The molecule has 0 unspecified atom stereocenters. The summed E-state index contributed by atoms with van der Waals surface area (Å²) in [6, 6.07) is 16.4. The largest absolute Gasteiger partial charge is 0.495 e. The summed E-state index contributed by atoms with van der Waals surface area (Å²) in [6.45, 7) is 1.95. The molecule has 0 saturated carbocycles. The molecule has 0 bridgehead atoms. The van der Waals surface area contributed by atoms with E-state index in [1.54, 1.807) is 31.5 Å². The van der Waals surface area contributed by atoms with Crippen molar-refractivity contribution in [1.82, 2.24) is 4.98 Å². The van der Waals surface area contributed by atoms with Crippen LogP contribution in [0.1, 0.15) is 16.1 Å². The number of pyridine rings is 1. The van der Waals surface area contributed by atoms with Crippen LogP contribution in [0.2, 0.25) is 5.02 Å². The minimum absolute atomic E-state index is 0.283. The summed E-state index contributed by atoms with van der Waals surface area (Å²) >= 11 is 6.16. The minimum Gasteiger partial charge on any atom is -0.495 e. The second-order valence-corrected chi connectivity index (χ2v) is 6.10. The van der Waals surface area contributed by atoms with Crippen LogP contribution in [0.5, 0.6) is 5.75 Å². The Morgan fingerprint density at radius 3 is 2.65 bits per heavy atom. The SMILES string of the molecule is COc1ccc(C)cc1NC(=O)c1cc(Nc2ccccc2Cl)ccn1. The maximum atomic E-state index is 12.6. The number of aryl methyl sites for hydroxylation is 1. The summed E-state index contributed by atoms with van der Waals surface area (Å²) in [5.74, 6) is 0.269. The number of carbonyl (C=O) groups is 1. The van der Waals surface area contributed by atoms with Gasteiger partial charge in [0.2, 0.25) is 0 Å². The van der Waals surface area contributed by atoms with Gasteiger partial charge in [-0.2, -0.15) is 0 Å². The fraction of sp³-hybridized carbons (Fsp3) is 0.100. The Balaban J connectivity index is 1.81. The predicted molar refractivity (Wildman–Crippen MR) is 105 cm³/mol. The molecule has 1 aromatic heterocycles. The Bertz CT molecular complexity index is 944. The molecule has 0 spiro atoms. The number of amides is 1. The summed E-state index contributed by atoms with van der Waals surface area (Å²) in [7, 11) is 1.56. The topological polar surface area (TPSA) is 63.2 Å². The Morgan fingerprint density at radius 1 is 1.08 bits per heavy atom. The van der Waals surface area contributed by atoms with Gasteiger partial charge in [-0.1, -0.05) is 29.8 Å². The number of ether oxygens (including phenoxy) is 1. The number of nitrogens with zero attached hydrogens (tertiary/aromatic N) is 1. The molecule has 2 N–H and O–H groups in total. The van der Waals surface area contributed by atoms with Crippen molar-refractivity contribution in [3.05, 3.63) is 77.1 Å². The molecule has 0 saturated heterocycles. The highest BCUT2D eigenvalue weighted by molar-refractivity contribution is 6.33. The van der Waals surface area contributed by atoms with E-state index >= 15 is 0 Å². The third-order valence-electron chi connectivity index (χ3n) is 3.75. The normalized spacial score (nSPS) is 10.3. The summed E-state index contributed by atoms with van der Waals surface area (Å²) in [5, 5.41) is 6.62. The van der Waals surface area contributed by atoms with Gasteiger partial charge in [-0.3, -0.25) is 9.78 Å². The predicted octanol–water partition coefficient (Wildman–Crippen LogP) is 5.05. The molecule has 3 aromatic rings. The summed E-state index contributed by atoms with van der Waals surface area (Å²) in [4.78, 5) is 16.7. The van der Waals surface area contributed by atoms with Crippen molar-refractivity contribution in [2.24, 2.45) is 0 Å².